The highest BCUT2D eigenvalue weighted by Crippen LogP contribution is 2.28. The zero-order chi connectivity index (χ0) is 16.2. The smallest absolute Gasteiger partial charge is 0.335 e. The Hall–Kier alpha value is -2.72. The van der Waals surface area contributed by atoms with E-state index in [1.807, 2.05) is 30.4 Å². The maximum Gasteiger partial charge on any atom is 0.335 e. The second-order valence-corrected chi connectivity index (χ2v) is 6.32. The van der Waals surface area contributed by atoms with E-state index in [1.165, 1.54) is 4.88 Å². The standard InChI is InChI=1S/C19H15NO2S/c1-13-18(15-5-3-2-4-6-15)20-17(23-13)12-9-14-7-10-16(11-8-14)19(21)22/h2-12H,1H3,(H,21,22). The van der Waals surface area contributed by atoms with Gasteiger partial charge in [-0.1, -0.05) is 48.5 Å². The molecule has 0 bridgehead atoms. The number of carbonyl (C=O) groups is 1. The lowest BCUT2D eigenvalue weighted by Gasteiger charge is -1.96. The molecule has 0 atom stereocenters. The van der Waals surface area contributed by atoms with E-state index in [2.05, 4.69) is 24.0 Å². The maximum atomic E-state index is 10.8. The van der Waals surface area contributed by atoms with Crippen LogP contribution < -0.4 is 0 Å². The van der Waals surface area contributed by atoms with E-state index >= 15 is 0 Å². The van der Waals surface area contributed by atoms with E-state index in [1.54, 1.807) is 35.6 Å². The molecule has 1 aromatic heterocycles. The van der Waals surface area contributed by atoms with Crippen LogP contribution >= 0.6 is 11.3 Å². The molecule has 4 heteroatoms. The summed E-state index contributed by atoms with van der Waals surface area (Å²) in [6.45, 7) is 2.07. The van der Waals surface area contributed by atoms with Crippen LogP contribution in [0.5, 0.6) is 0 Å². The fraction of sp³-hybridized carbons (Fsp3) is 0.0526. The third-order valence-corrected chi connectivity index (χ3v) is 4.37. The Labute approximate surface area is 138 Å². The third-order valence-electron chi connectivity index (χ3n) is 3.44. The Morgan fingerprint density at radius 2 is 1.74 bits per heavy atom. The van der Waals surface area contributed by atoms with Crippen molar-refractivity contribution >= 4 is 29.5 Å². The number of carboxylic acids is 1. The molecular weight excluding hydrogens is 306 g/mol. The van der Waals surface area contributed by atoms with Crippen LogP contribution in [0.15, 0.2) is 54.6 Å². The first-order valence-electron chi connectivity index (χ1n) is 7.18. The van der Waals surface area contributed by atoms with Crippen LogP contribution in [0.25, 0.3) is 23.4 Å². The number of aromatic carboxylic acids is 1. The summed E-state index contributed by atoms with van der Waals surface area (Å²) in [5.74, 6) is -0.913. The molecule has 0 amide bonds. The monoisotopic (exact) mass is 321 g/mol. The molecule has 1 N–H and O–H groups in total. The van der Waals surface area contributed by atoms with Gasteiger partial charge in [0.05, 0.1) is 11.3 Å². The average Bonchev–Trinajstić information content (AvgIpc) is 2.95. The van der Waals surface area contributed by atoms with Gasteiger partial charge in [0.2, 0.25) is 0 Å². The van der Waals surface area contributed by atoms with Gasteiger partial charge in [-0.25, -0.2) is 9.78 Å². The van der Waals surface area contributed by atoms with Crippen LogP contribution in [0, 0.1) is 6.92 Å². The highest BCUT2D eigenvalue weighted by Gasteiger charge is 2.07. The molecule has 3 nitrogen and oxygen atoms in total. The average molecular weight is 321 g/mol. The summed E-state index contributed by atoms with van der Waals surface area (Å²) in [6, 6.07) is 16.9. The molecule has 0 aliphatic carbocycles. The molecule has 0 aliphatic rings. The van der Waals surface area contributed by atoms with Crippen LogP contribution in [0.4, 0.5) is 0 Å². The van der Waals surface area contributed by atoms with Gasteiger partial charge in [-0.05, 0) is 30.7 Å². The van der Waals surface area contributed by atoms with Crippen molar-refractivity contribution in [2.75, 3.05) is 0 Å². The van der Waals surface area contributed by atoms with Crippen molar-refractivity contribution in [3.8, 4) is 11.3 Å². The van der Waals surface area contributed by atoms with Crippen molar-refractivity contribution in [2.24, 2.45) is 0 Å². The Bertz CT molecular complexity index is 849. The van der Waals surface area contributed by atoms with E-state index in [0.717, 1.165) is 21.8 Å². The maximum absolute atomic E-state index is 10.8. The van der Waals surface area contributed by atoms with Crippen molar-refractivity contribution in [3.63, 3.8) is 0 Å². The Morgan fingerprint density at radius 3 is 2.39 bits per heavy atom. The summed E-state index contributed by atoms with van der Waals surface area (Å²) < 4.78 is 0. The topological polar surface area (TPSA) is 50.2 Å². The van der Waals surface area contributed by atoms with Crippen molar-refractivity contribution in [3.05, 3.63) is 75.6 Å². The fourth-order valence-electron chi connectivity index (χ4n) is 2.26. The molecule has 0 saturated heterocycles. The van der Waals surface area contributed by atoms with E-state index in [4.69, 9.17) is 5.11 Å². The predicted molar refractivity (Wildman–Crippen MR) is 94.6 cm³/mol. The Morgan fingerprint density at radius 1 is 1.04 bits per heavy atom. The SMILES string of the molecule is Cc1sc(C=Cc2ccc(C(=O)O)cc2)nc1-c1ccccc1. The van der Waals surface area contributed by atoms with E-state index in [9.17, 15) is 4.79 Å². The number of nitrogens with zero attached hydrogens (tertiary/aromatic N) is 1. The molecule has 0 aliphatic heterocycles. The number of hydrogen-bond acceptors (Lipinski definition) is 3. The van der Waals surface area contributed by atoms with Gasteiger partial charge in [0, 0.05) is 10.4 Å². The molecule has 114 valence electrons. The Kier molecular flexibility index (Phi) is 4.35. The molecule has 1 heterocycles. The van der Waals surface area contributed by atoms with Gasteiger partial charge >= 0.3 is 5.97 Å². The second kappa shape index (κ2) is 6.58. The zero-order valence-corrected chi connectivity index (χ0v) is 13.4. The number of rotatable bonds is 4. The van der Waals surface area contributed by atoms with Crippen molar-refractivity contribution < 1.29 is 9.90 Å². The summed E-state index contributed by atoms with van der Waals surface area (Å²) in [5, 5.41) is 9.83. The fourth-order valence-corrected chi connectivity index (χ4v) is 3.10. The van der Waals surface area contributed by atoms with Crippen LogP contribution in [0.2, 0.25) is 0 Å². The number of aryl methyl sites for hydroxylation is 1. The first kappa shape index (κ1) is 15.2. The lowest BCUT2D eigenvalue weighted by atomic mass is 10.1. The van der Waals surface area contributed by atoms with Gasteiger partial charge in [-0.2, -0.15) is 0 Å². The summed E-state index contributed by atoms with van der Waals surface area (Å²) in [4.78, 5) is 16.7. The zero-order valence-electron chi connectivity index (χ0n) is 12.6. The molecular formula is C19H15NO2S. The van der Waals surface area contributed by atoms with Gasteiger partial charge in [0.25, 0.3) is 0 Å². The molecule has 0 spiro atoms. The van der Waals surface area contributed by atoms with E-state index in [-0.39, 0.29) is 0 Å². The van der Waals surface area contributed by atoms with Crippen LogP contribution in [0.3, 0.4) is 0 Å². The summed E-state index contributed by atoms with van der Waals surface area (Å²) in [6.07, 6.45) is 3.90. The summed E-state index contributed by atoms with van der Waals surface area (Å²) >= 11 is 1.64. The van der Waals surface area contributed by atoms with Crippen LogP contribution in [0.1, 0.15) is 25.8 Å². The number of thiazole rings is 1. The molecule has 0 unspecified atom stereocenters. The molecule has 0 fully saturated rings. The first-order valence-corrected chi connectivity index (χ1v) is 7.99. The van der Waals surface area contributed by atoms with Gasteiger partial charge in [-0.3, -0.25) is 0 Å². The van der Waals surface area contributed by atoms with Gasteiger partial charge in [0.15, 0.2) is 0 Å². The van der Waals surface area contributed by atoms with Crippen molar-refractivity contribution in [1.82, 2.24) is 4.98 Å². The van der Waals surface area contributed by atoms with E-state index in [0.29, 0.717) is 5.56 Å². The number of benzene rings is 2. The molecule has 3 rings (SSSR count). The van der Waals surface area contributed by atoms with Crippen molar-refractivity contribution in [2.45, 2.75) is 6.92 Å². The normalized spacial score (nSPS) is 11.0. The summed E-state index contributed by atoms with van der Waals surface area (Å²) in [7, 11) is 0. The van der Waals surface area contributed by atoms with Gasteiger partial charge in [-0.15, -0.1) is 11.3 Å². The molecule has 2 aromatic carbocycles. The lowest BCUT2D eigenvalue weighted by molar-refractivity contribution is 0.0697. The van der Waals surface area contributed by atoms with E-state index < -0.39 is 5.97 Å². The number of aromatic nitrogens is 1. The molecule has 0 radical (unpaired) electrons. The number of carboxylic acid groups (broad SMARTS) is 1. The molecule has 0 saturated carbocycles. The minimum absolute atomic E-state index is 0.290. The third kappa shape index (κ3) is 3.55. The van der Waals surface area contributed by atoms with Crippen LogP contribution in [-0.2, 0) is 0 Å². The largest absolute Gasteiger partial charge is 0.478 e. The van der Waals surface area contributed by atoms with Crippen molar-refractivity contribution in [1.29, 1.82) is 0 Å². The van der Waals surface area contributed by atoms with Crippen LogP contribution in [-0.4, -0.2) is 16.1 Å². The minimum Gasteiger partial charge on any atom is -0.478 e. The minimum atomic E-state index is -0.913. The summed E-state index contributed by atoms with van der Waals surface area (Å²) in [5.41, 5.74) is 3.37. The lowest BCUT2D eigenvalue weighted by Crippen LogP contribution is -1.94. The molecule has 3 aromatic rings. The highest BCUT2D eigenvalue weighted by molar-refractivity contribution is 7.12. The Balaban J connectivity index is 1.82. The second-order valence-electron chi connectivity index (χ2n) is 5.08. The van der Waals surface area contributed by atoms with Gasteiger partial charge in [0.1, 0.15) is 5.01 Å². The predicted octanol–water partition coefficient (Wildman–Crippen LogP) is 4.99. The molecule has 23 heavy (non-hydrogen) atoms. The highest BCUT2D eigenvalue weighted by atomic mass is 32.1. The van der Waals surface area contributed by atoms with Gasteiger partial charge < -0.3 is 5.11 Å². The first-order chi connectivity index (χ1) is 11.1. The number of hydrogen-bond donors (Lipinski definition) is 1. The quantitative estimate of drug-likeness (QED) is 0.736.